The number of nitrogens with zero attached hydrogens (tertiary/aromatic N) is 1. The Hall–Kier alpha value is -0.120. The van der Waals surface area contributed by atoms with E-state index in [4.69, 9.17) is 4.74 Å². The molecule has 3 unspecified atom stereocenters. The molecule has 0 aromatic rings. The van der Waals surface area contributed by atoms with E-state index in [1.807, 2.05) is 0 Å². The van der Waals surface area contributed by atoms with Gasteiger partial charge in [0.05, 0.1) is 6.61 Å². The molecule has 0 aliphatic heterocycles. The minimum Gasteiger partial charge on any atom is -0.383 e. The van der Waals surface area contributed by atoms with Crippen LogP contribution in [-0.4, -0.2) is 50.3 Å². The first kappa shape index (κ1) is 13.9. The monoisotopic (exact) mass is 202 g/mol. The smallest absolute Gasteiger partial charge is 0.0615 e. The highest BCUT2D eigenvalue weighted by molar-refractivity contribution is 4.78. The summed E-state index contributed by atoms with van der Waals surface area (Å²) >= 11 is 0. The molecule has 0 amide bonds. The second kappa shape index (κ2) is 7.21. The maximum Gasteiger partial charge on any atom is 0.0615 e. The molecule has 1 N–H and O–H groups in total. The molecule has 3 nitrogen and oxygen atoms in total. The molecule has 86 valence electrons. The summed E-state index contributed by atoms with van der Waals surface area (Å²) in [5.74, 6) is 0. The van der Waals surface area contributed by atoms with Gasteiger partial charge in [0.25, 0.3) is 0 Å². The van der Waals surface area contributed by atoms with Gasteiger partial charge < -0.3 is 10.1 Å². The molecule has 0 saturated carbocycles. The van der Waals surface area contributed by atoms with E-state index in [0.717, 1.165) is 13.2 Å². The molecule has 3 heteroatoms. The minimum absolute atomic E-state index is 0.469. The van der Waals surface area contributed by atoms with Crippen LogP contribution < -0.4 is 5.32 Å². The summed E-state index contributed by atoms with van der Waals surface area (Å²) in [5.41, 5.74) is 0. The number of hydrogen-bond donors (Lipinski definition) is 1. The molecule has 0 aliphatic rings. The number of rotatable bonds is 7. The van der Waals surface area contributed by atoms with Gasteiger partial charge in [0.1, 0.15) is 0 Å². The van der Waals surface area contributed by atoms with Crippen molar-refractivity contribution in [3.05, 3.63) is 0 Å². The van der Waals surface area contributed by atoms with Gasteiger partial charge in [-0.25, -0.2) is 0 Å². The van der Waals surface area contributed by atoms with Gasteiger partial charge in [0.15, 0.2) is 0 Å². The molecule has 3 atom stereocenters. The van der Waals surface area contributed by atoms with E-state index in [1.165, 1.54) is 0 Å². The van der Waals surface area contributed by atoms with E-state index in [9.17, 15) is 0 Å². The molecule has 0 radical (unpaired) electrons. The van der Waals surface area contributed by atoms with Crippen molar-refractivity contribution in [2.24, 2.45) is 0 Å². The van der Waals surface area contributed by atoms with Crippen molar-refractivity contribution in [2.75, 3.05) is 27.3 Å². The van der Waals surface area contributed by atoms with Crippen molar-refractivity contribution in [2.45, 2.75) is 45.8 Å². The summed E-state index contributed by atoms with van der Waals surface area (Å²) in [6.45, 7) is 10.6. The lowest BCUT2D eigenvalue weighted by Gasteiger charge is -2.34. The van der Waals surface area contributed by atoms with Crippen molar-refractivity contribution in [1.29, 1.82) is 0 Å². The Bertz CT molecular complexity index is 125. The average Bonchev–Trinajstić information content (AvgIpc) is 2.16. The fourth-order valence-electron chi connectivity index (χ4n) is 1.61. The van der Waals surface area contributed by atoms with Crippen LogP contribution in [0, 0.1) is 0 Å². The van der Waals surface area contributed by atoms with Gasteiger partial charge in [-0.1, -0.05) is 6.92 Å². The second-order valence-electron chi connectivity index (χ2n) is 4.06. The Labute approximate surface area is 88.8 Å². The number of hydrogen-bond acceptors (Lipinski definition) is 3. The van der Waals surface area contributed by atoms with Crippen LogP contribution in [0.15, 0.2) is 0 Å². The minimum atomic E-state index is 0.469. The third kappa shape index (κ3) is 4.40. The third-order valence-corrected chi connectivity index (χ3v) is 3.00. The SMILES string of the molecule is CCNC(C)C(C)N(C)C(C)COC. The van der Waals surface area contributed by atoms with E-state index >= 15 is 0 Å². The van der Waals surface area contributed by atoms with E-state index in [2.05, 4.69) is 45.0 Å². The summed E-state index contributed by atoms with van der Waals surface area (Å²) in [6, 6.07) is 1.51. The fraction of sp³-hybridized carbons (Fsp3) is 1.00. The Morgan fingerprint density at radius 2 is 1.86 bits per heavy atom. The van der Waals surface area contributed by atoms with Crippen LogP contribution in [0.2, 0.25) is 0 Å². The molecule has 0 aliphatic carbocycles. The highest BCUT2D eigenvalue weighted by atomic mass is 16.5. The first-order valence-electron chi connectivity index (χ1n) is 5.48. The second-order valence-corrected chi connectivity index (χ2v) is 4.06. The molecule has 0 fully saturated rings. The Morgan fingerprint density at radius 3 is 2.29 bits per heavy atom. The van der Waals surface area contributed by atoms with E-state index < -0.39 is 0 Å². The lowest BCUT2D eigenvalue weighted by Crippen LogP contribution is -2.49. The van der Waals surface area contributed by atoms with Gasteiger partial charge in [0, 0.05) is 25.2 Å². The zero-order chi connectivity index (χ0) is 11.1. The van der Waals surface area contributed by atoms with Gasteiger partial charge in [-0.2, -0.15) is 0 Å². The molecule has 0 heterocycles. The molecule has 14 heavy (non-hydrogen) atoms. The molecule has 0 aromatic carbocycles. The molecule has 0 saturated heterocycles. The molecule has 0 aromatic heterocycles. The van der Waals surface area contributed by atoms with Crippen molar-refractivity contribution in [1.82, 2.24) is 10.2 Å². The van der Waals surface area contributed by atoms with Gasteiger partial charge >= 0.3 is 0 Å². The number of likely N-dealkylation sites (N-methyl/N-ethyl adjacent to an activating group) is 2. The highest BCUT2D eigenvalue weighted by Gasteiger charge is 2.20. The Morgan fingerprint density at radius 1 is 1.29 bits per heavy atom. The molecule has 0 bridgehead atoms. The Balaban J connectivity index is 4.01. The molecule has 0 rings (SSSR count). The predicted molar refractivity (Wildman–Crippen MR) is 61.7 cm³/mol. The summed E-state index contributed by atoms with van der Waals surface area (Å²) < 4.78 is 5.15. The highest BCUT2D eigenvalue weighted by Crippen LogP contribution is 2.06. The first-order chi connectivity index (χ1) is 6.54. The predicted octanol–water partition coefficient (Wildman–Crippen LogP) is 1.34. The summed E-state index contributed by atoms with van der Waals surface area (Å²) in [4.78, 5) is 2.36. The average molecular weight is 202 g/mol. The van der Waals surface area contributed by atoms with Gasteiger partial charge in [-0.15, -0.1) is 0 Å². The zero-order valence-corrected chi connectivity index (χ0v) is 10.5. The quantitative estimate of drug-likeness (QED) is 0.674. The van der Waals surface area contributed by atoms with Crippen molar-refractivity contribution >= 4 is 0 Å². The van der Waals surface area contributed by atoms with Gasteiger partial charge in [-0.3, -0.25) is 4.90 Å². The van der Waals surface area contributed by atoms with E-state index in [-0.39, 0.29) is 0 Å². The summed E-state index contributed by atoms with van der Waals surface area (Å²) in [6.07, 6.45) is 0. The van der Waals surface area contributed by atoms with E-state index in [0.29, 0.717) is 18.1 Å². The zero-order valence-electron chi connectivity index (χ0n) is 10.5. The normalized spacial score (nSPS) is 18.2. The lowest BCUT2D eigenvalue weighted by molar-refractivity contribution is 0.0836. The van der Waals surface area contributed by atoms with Crippen LogP contribution in [0.1, 0.15) is 27.7 Å². The van der Waals surface area contributed by atoms with Crippen molar-refractivity contribution < 1.29 is 4.74 Å². The van der Waals surface area contributed by atoms with Crippen LogP contribution in [0.4, 0.5) is 0 Å². The first-order valence-corrected chi connectivity index (χ1v) is 5.48. The Kier molecular flexibility index (Phi) is 7.15. The summed E-state index contributed by atoms with van der Waals surface area (Å²) in [5, 5.41) is 3.44. The van der Waals surface area contributed by atoms with Gasteiger partial charge in [0.2, 0.25) is 0 Å². The van der Waals surface area contributed by atoms with Crippen LogP contribution in [-0.2, 0) is 4.74 Å². The number of nitrogens with one attached hydrogen (secondary N) is 1. The third-order valence-electron chi connectivity index (χ3n) is 3.00. The lowest BCUT2D eigenvalue weighted by atomic mass is 10.1. The van der Waals surface area contributed by atoms with Crippen molar-refractivity contribution in [3.8, 4) is 0 Å². The number of methoxy groups -OCH3 is 1. The standard InChI is InChI=1S/C11H26N2O/c1-7-12-10(3)11(4)13(5)9(2)8-14-6/h9-12H,7-8H2,1-6H3. The van der Waals surface area contributed by atoms with E-state index in [1.54, 1.807) is 7.11 Å². The topological polar surface area (TPSA) is 24.5 Å². The molecular formula is C11H26N2O. The van der Waals surface area contributed by atoms with Crippen LogP contribution in [0.25, 0.3) is 0 Å². The van der Waals surface area contributed by atoms with Crippen LogP contribution in [0.3, 0.4) is 0 Å². The van der Waals surface area contributed by atoms with Gasteiger partial charge in [-0.05, 0) is 34.4 Å². The van der Waals surface area contributed by atoms with Crippen LogP contribution in [0.5, 0.6) is 0 Å². The molecule has 0 spiro atoms. The molecular weight excluding hydrogens is 176 g/mol. The maximum atomic E-state index is 5.15. The van der Waals surface area contributed by atoms with Crippen LogP contribution >= 0.6 is 0 Å². The number of ether oxygens (including phenoxy) is 1. The largest absolute Gasteiger partial charge is 0.383 e. The summed E-state index contributed by atoms with van der Waals surface area (Å²) in [7, 11) is 3.91. The maximum absolute atomic E-state index is 5.15. The van der Waals surface area contributed by atoms with Crippen molar-refractivity contribution in [3.63, 3.8) is 0 Å². The fourth-order valence-corrected chi connectivity index (χ4v) is 1.61.